The van der Waals surface area contributed by atoms with Crippen molar-refractivity contribution in [1.29, 1.82) is 0 Å². The van der Waals surface area contributed by atoms with Crippen molar-refractivity contribution in [2.75, 3.05) is 17.9 Å². The summed E-state index contributed by atoms with van der Waals surface area (Å²) in [5, 5.41) is 0. The summed E-state index contributed by atoms with van der Waals surface area (Å²) in [4.78, 5) is 0. The molecule has 0 atom stereocenters. The molecule has 0 aromatic rings. The third-order valence-corrected chi connectivity index (χ3v) is 1.31. The average Bonchev–Trinajstić information content (AvgIpc) is 1.41. The Morgan fingerprint density at radius 1 is 1.80 bits per heavy atom. The Kier molecular flexibility index (Phi) is 5.23. The molecule has 0 unspecified atom stereocenters. The van der Waals surface area contributed by atoms with Gasteiger partial charge in [-0.3, -0.25) is 0 Å². The quantitative estimate of drug-likeness (QED) is 0.385. The lowest BCUT2D eigenvalue weighted by Gasteiger charge is -1.78. The van der Waals surface area contributed by atoms with Gasteiger partial charge in [-0.2, -0.15) is 11.8 Å². The average molecular weight is 112 g/mol. The van der Waals surface area contributed by atoms with E-state index in [1.807, 2.05) is 6.26 Å². The maximum absolute atomic E-state index is 5.28. The largest absolute Gasteiger partial charge is 0.164 e. The van der Waals surface area contributed by atoms with Crippen molar-refractivity contribution in [3.8, 4) is 0 Å². The Morgan fingerprint density at radius 2 is 2.40 bits per heavy atom. The molecule has 0 aliphatic heterocycles. The van der Waals surface area contributed by atoms with Crippen LogP contribution in [0.1, 0.15) is 0 Å². The Bertz CT molecular complexity index is 14.4. The molecule has 0 rings (SSSR count). The van der Waals surface area contributed by atoms with Crippen LogP contribution >= 0.6 is 23.4 Å². The zero-order chi connectivity index (χ0) is 4.12. The van der Waals surface area contributed by atoms with Crippen LogP contribution in [0, 0.1) is 0 Å². The molecule has 0 nitrogen and oxygen atoms in total. The van der Waals surface area contributed by atoms with Gasteiger partial charge in [-0.25, -0.2) is 0 Å². The van der Waals surface area contributed by atoms with E-state index >= 15 is 0 Å². The van der Waals surface area contributed by atoms with Crippen molar-refractivity contribution >= 4 is 23.4 Å². The molecule has 0 radical (unpaired) electrons. The Balaban J connectivity index is 2.19. The molecule has 0 aliphatic carbocycles. The third kappa shape index (κ3) is 4.64. The first-order valence-corrected chi connectivity index (χ1v) is 3.39. The number of hydrogen-bond acceptors (Lipinski definition) is 1. The number of thioether (sulfide) groups is 1. The van der Waals surface area contributed by atoms with Crippen LogP contribution in [0.4, 0.5) is 0 Å². The molecule has 5 heavy (non-hydrogen) atoms. The molecule has 0 aromatic heterocycles. The molecule has 0 saturated heterocycles. The van der Waals surface area contributed by atoms with E-state index in [9.17, 15) is 0 Å². The molecule has 0 aliphatic rings. The maximum Gasteiger partial charge on any atom is 0.0314 e. The van der Waals surface area contributed by atoms with E-state index in [4.69, 9.17) is 11.6 Å². The van der Waals surface area contributed by atoms with E-state index in [1.54, 1.807) is 11.8 Å². The molecule has 0 saturated carbocycles. The van der Waals surface area contributed by atoms with Crippen LogP contribution in [0.5, 0.6) is 0 Å². The molecular formula is C3H7ClS. The van der Waals surface area contributed by atoms with Crippen LogP contribution in [0.2, 0.25) is 0 Å². The van der Waals surface area contributed by atoms with Gasteiger partial charge in [0.05, 0.1) is 0 Å². The van der Waals surface area contributed by atoms with Gasteiger partial charge in [0.15, 0.2) is 0 Å². The topological polar surface area (TPSA) is 0 Å². The molecule has 0 amide bonds. The van der Waals surface area contributed by atoms with E-state index in [0.717, 1.165) is 11.6 Å². The molecule has 2 heteroatoms. The second-order valence-electron chi connectivity index (χ2n) is 0.682. The molecular weight excluding hydrogens is 105 g/mol. The summed E-state index contributed by atoms with van der Waals surface area (Å²) in [6.45, 7) is 0. The molecule has 0 spiro atoms. The summed E-state index contributed by atoms with van der Waals surface area (Å²) in [5.41, 5.74) is 0. The Morgan fingerprint density at radius 3 is 2.40 bits per heavy atom. The number of rotatable bonds is 2. The fraction of sp³-hybridized carbons (Fsp3) is 1.00. The zero-order valence-corrected chi connectivity index (χ0v) is 4.77. The monoisotopic (exact) mass is 111 g/mol. The summed E-state index contributed by atoms with van der Waals surface area (Å²) in [7, 11) is 0. The van der Waals surface area contributed by atoms with Gasteiger partial charge in [0, 0.05) is 11.6 Å². The molecule has 32 valence electrons. The smallest absolute Gasteiger partial charge is 0.0314 e. The minimum Gasteiger partial charge on any atom is -0.164 e. The van der Waals surface area contributed by atoms with Gasteiger partial charge in [-0.15, -0.1) is 11.6 Å². The van der Waals surface area contributed by atoms with Gasteiger partial charge in [0.1, 0.15) is 0 Å². The number of halogens is 1. The lowest BCUT2D eigenvalue weighted by atomic mass is 11.0. The Hall–Kier alpha value is 0.640. The Labute approximate surface area is 41.9 Å². The fourth-order valence-corrected chi connectivity index (χ4v) is 0.694. The van der Waals surface area contributed by atoms with E-state index < -0.39 is 0 Å². The van der Waals surface area contributed by atoms with Crippen LogP contribution in [0.25, 0.3) is 0 Å². The van der Waals surface area contributed by atoms with Gasteiger partial charge < -0.3 is 0 Å². The van der Waals surface area contributed by atoms with Gasteiger partial charge in [0.2, 0.25) is 0 Å². The van der Waals surface area contributed by atoms with E-state index in [2.05, 4.69) is 0 Å². The zero-order valence-electron chi connectivity index (χ0n) is 3.20. The van der Waals surface area contributed by atoms with E-state index in [0.29, 0.717) is 0 Å². The molecule has 0 fully saturated rings. The molecule has 0 heterocycles. The normalized spacial score (nSPS) is 8.40. The summed E-state index contributed by atoms with van der Waals surface area (Å²) in [6.07, 6.45) is 2.04. The number of alkyl halides is 1. The van der Waals surface area contributed by atoms with Crippen molar-refractivity contribution in [3.63, 3.8) is 0 Å². The van der Waals surface area contributed by atoms with Crippen molar-refractivity contribution in [3.05, 3.63) is 0 Å². The highest BCUT2D eigenvalue weighted by molar-refractivity contribution is 7.98. The first-order chi connectivity index (χ1) is 2.41. The number of hydrogen-bond donors (Lipinski definition) is 0. The van der Waals surface area contributed by atoms with Gasteiger partial charge >= 0.3 is 0 Å². The van der Waals surface area contributed by atoms with Crippen LogP contribution in [0.3, 0.4) is 0 Å². The van der Waals surface area contributed by atoms with Crippen LogP contribution in [-0.4, -0.2) is 17.9 Å². The lowest BCUT2D eigenvalue weighted by molar-refractivity contribution is 1.54. The second-order valence-corrected chi connectivity index (χ2v) is 2.05. The maximum atomic E-state index is 5.28. The first-order valence-electron chi connectivity index (χ1n) is 1.46. The molecule has 0 N–H and O–H groups in total. The van der Waals surface area contributed by atoms with E-state index in [1.165, 1.54) is 0 Å². The molecule has 0 bridgehead atoms. The van der Waals surface area contributed by atoms with Crippen molar-refractivity contribution in [2.24, 2.45) is 0 Å². The summed E-state index contributed by atoms with van der Waals surface area (Å²) >= 11 is 7.05. The molecule has 0 aromatic carbocycles. The highest BCUT2D eigenvalue weighted by Crippen LogP contribution is 1.89. The van der Waals surface area contributed by atoms with Crippen LogP contribution in [-0.2, 0) is 0 Å². The predicted molar refractivity (Wildman–Crippen MR) is 29.1 cm³/mol. The van der Waals surface area contributed by atoms with Crippen molar-refractivity contribution in [1.82, 2.24) is 0 Å². The van der Waals surface area contributed by atoms with Gasteiger partial charge in [0.25, 0.3) is 0 Å². The van der Waals surface area contributed by atoms with Crippen LogP contribution in [0.15, 0.2) is 0 Å². The summed E-state index contributed by atoms with van der Waals surface area (Å²) < 4.78 is 0. The first kappa shape index (κ1) is 5.64. The lowest BCUT2D eigenvalue weighted by Crippen LogP contribution is -1.71. The second kappa shape index (κ2) is 4.64. The summed E-state index contributed by atoms with van der Waals surface area (Å²) in [5.74, 6) is 1.85. The summed E-state index contributed by atoms with van der Waals surface area (Å²) in [6, 6.07) is 0. The minimum atomic E-state index is 0.779. The van der Waals surface area contributed by atoms with Gasteiger partial charge in [-0.05, 0) is 6.26 Å². The van der Waals surface area contributed by atoms with E-state index in [-0.39, 0.29) is 0 Å². The third-order valence-electron chi connectivity index (χ3n) is 0.281. The predicted octanol–water partition coefficient (Wildman–Crippen LogP) is 1.59. The highest BCUT2D eigenvalue weighted by atomic mass is 35.5. The van der Waals surface area contributed by atoms with Crippen molar-refractivity contribution in [2.45, 2.75) is 0 Å². The van der Waals surface area contributed by atoms with Gasteiger partial charge in [-0.1, -0.05) is 0 Å². The van der Waals surface area contributed by atoms with Crippen LogP contribution < -0.4 is 0 Å². The van der Waals surface area contributed by atoms with Crippen molar-refractivity contribution < 1.29 is 0 Å². The standard InChI is InChI=1S/C3H7ClS/c1-5-3-2-4/h2-3H2,1H3/i1+1. The SMILES string of the molecule is [13CH3]SCCCl. The minimum absolute atomic E-state index is 0.779. The highest BCUT2D eigenvalue weighted by Gasteiger charge is 1.69. The fourth-order valence-electron chi connectivity index (χ4n) is 0.0772.